The number of rotatable bonds is 5. The molecule has 8 nitrogen and oxygen atoms in total. The molecule has 2 aromatic heterocycles. The standard InChI is InChI=1S/C28H18FN3O5S/c29-19-9-13-22(14-10-19)38(35,36)31-20-11-6-17(7-12-20)18-8-15-24-23(16-18)26-25(27(33)37-24)30-28(34)32(26)21-4-2-1-3-5-21/h1-16,31H,(H,30,34). The Hall–Kier alpha value is -4.96. The summed E-state index contributed by atoms with van der Waals surface area (Å²) in [4.78, 5) is 28.0. The Kier molecular flexibility index (Phi) is 5.46. The van der Waals surface area contributed by atoms with E-state index in [0.29, 0.717) is 27.9 Å². The van der Waals surface area contributed by atoms with Crippen molar-refractivity contribution in [2.75, 3.05) is 4.72 Å². The van der Waals surface area contributed by atoms with Crippen LogP contribution in [0.1, 0.15) is 0 Å². The Morgan fingerprint density at radius 3 is 2.21 bits per heavy atom. The summed E-state index contributed by atoms with van der Waals surface area (Å²) < 4.78 is 47.8. The summed E-state index contributed by atoms with van der Waals surface area (Å²) in [5.74, 6) is -0.527. The molecule has 6 rings (SSSR count). The van der Waals surface area contributed by atoms with Crippen LogP contribution in [0.4, 0.5) is 10.1 Å². The van der Waals surface area contributed by atoms with Gasteiger partial charge in [-0.05, 0) is 71.8 Å². The number of aromatic amines is 1. The van der Waals surface area contributed by atoms with Crippen LogP contribution in [0.15, 0.2) is 116 Å². The molecule has 4 aromatic carbocycles. The molecule has 0 amide bonds. The predicted octanol–water partition coefficient (Wildman–Crippen LogP) is 5.03. The zero-order valence-corrected chi connectivity index (χ0v) is 20.3. The minimum absolute atomic E-state index is 0.0565. The average Bonchev–Trinajstić information content (AvgIpc) is 3.27. The van der Waals surface area contributed by atoms with Crippen molar-refractivity contribution in [3.05, 3.63) is 124 Å². The minimum Gasteiger partial charge on any atom is -0.421 e. The van der Waals surface area contributed by atoms with Crippen LogP contribution in [-0.2, 0) is 10.0 Å². The second kappa shape index (κ2) is 8.86. The molecule has 2 N–H and O–H groups in total. The van der Waals surface area contributed by atoms with Crippen molar-refractivity contribution in [3.8, 4) is 16.8 Å². The average molecular weight is 528 g/mol. The van der Waals surface area contributed by atoms with Gasteiger partial charge in [-0.1, -0.05) is 36.4 Å². The Morgan fingerprint density at radius 1 is 0.816 bits per heavy atom. The monoisotopic (exact) mass is 527 g/mol. The maximum atomic E-state index is 13.2. The zero-order chi connectivity index (χ0) is 26.4. The van der Waals surface area contributed by atoms with Gasteiger partial charge in [-0.15, -0.1) is 0 Å². The van der Waals surface area contributed by atoms with Gasteiger partial charge in [0, 0.05) is 11.1 Å². The number of nitrogens with zero attached hydrogens (tertiary/aromatic N) is 1. The van der Waals surface area contributed by atoms with E-state index < -0.39 is 27.2 Å². The number of fused-ring (bicyclic) bond motifs is 3. The van der Waals surface area contributed by atoms with E-state index in [2.05, 4.69) is 9.71 Å². The van der Waals surface area contributed by atoms with Gasteiger partial charge >= 0.3 is 11.3 Å². The molecular formula is C28H18FN3O5S. The number of hydrogen-bond acceptors (Lipinski definition) is 5. The normalized spacial score (nSPS) is 11.7. The Balaban J connectivity index is 1.42. The number of imidazole rings is 1. The number of aromatic nitrogens is 2. The quantitative estimate of drug-likeness (QED) is 0.305. The number of benzene rings is 4. The topological polar surface area (TPSA) is 114 Å². The van der Waals surface area contributed by atoms with E-state index in [1.807, 2.05) is 12.1 Å². The third-order valence-electron chi connectivity index (χ3n) is 6.15. The van der Waals surface area contributed by atoms with Crippen molar-refractivity contribution in [3.63, 3.8) is 0 Å². The molecule has 0 saturated heterocycles. The Bertz CT molecular complexity index is 2050. The maximum Gasteiger partial charge on any atom is 0.362 e. The summed E-state index contributed by atoms with van der Waals surface area (Å²) in [6.07, 6.45) is 0. The molecule has 38 heavy (non-hydrogen) atoms. The lowest BCUT2D eigenvalue weighted by molar-refractivity contribution is 0.568. The number of para-hydroxylation sites is 1. The molecule has 10 heteroatoms. The van der Waals surface area contributed by atoms with E-state index in [-0.39, 0.29) is 10.4 Å². The van der Waals surface area contributed by atoms with Crippen molar-refractivity contribution in [1.29, 1.82) is 0 Å². The van der Waals surface area contributed by atoms with Crippen molar-refractivity contribution in [2.24, 2.45) is 0 Å². The second-order valence-electron chi connectivity index (χ2n) is 8.56. The molecule has 0 unspecified atom stereocenters. The highest BCUT2D eigenvalue weighted by molar-refractivity contribution is 7.92. The molecule has 0 bridgehead atoms. The van der Waals surface area contributed by atoms with Gasteiger partial charge in [0.05, 0.1) is 16.1 Å². The molecule has 2 heterocycles. The van der Waals surface area contributed by atoms with Crippen LogP contribution in [0.5, 0.6) is 0 Å². The SMILES string of the molecule is O=c1oc2ccc(-c3ccc(NS(=O)(=O)c4ccc(F)cc4)cc3)cc2c2c1[nH]c(=O)n2-c1ccccc1. The predicted molar refractivity (Wildman–Crippen MR) is 143 cm³/mol. The first kappa shape index (κ1) is 23.4. The summed E-state index contributed by atoms with van der Waals surface area (Å²) in [6.45, 7) is 0. The summed E-state index contributed by atoms with van der Waals surface area (Å²) in [6, 6.07) is 25.4. The number of H-pyrrole nitrogens is 1. The molecule has 0 radical (unpaired) electrons. The van der Waals surface area contributed by atoms with E-state index >= 15 is 0 Å². The van der Waals surface area contributed by atoms with Gasteiger partial charge in [-0.3, -0.25) is 14.3 Å². The Morgan fingerprint density at radius 2 is 1.50 bits per heavy atom. The van der Waals surface area contributed by atoms with E-state index in [9.17, 15) is 22.4 Å². The molecule has 0 spiro atoms. The van der Waals surface area contributed by atoms with Crippen molar-refractivity contribution >= 4 is 37.7 Å². The fraction of sp³-hybridized carbons (Fsp3) is 0. The summed E-state index contributed by atoms with van der Waals surface area (Å²) in [7, 11) is -3.89. The number of halogens is 1. The first-order valence-corrected chi connectivity index (χ1v) is 12.9. The molecule has 0 atom stereocenters. The van der Waals surface area contributed by atoms with Crippen LogP contribution < -0.4 is 16.0 Å². The van der Waals surface area contributed by atoms with Crippen LogP contribution in [0.2, 0.25) is 0 Å². The second-order valence-corrected chi connectivity index (χ2v) is 10.2. The smallest absolute Gasteiger partial charge is 0.362 e. The molecule has 0 aliphatic heterocycles. The first-order chi connectivity index (χ1) is 18.3. The highest BCUT2D eigenvalue weighted by Crippen LogP contribution is 2.30. The van der Waals surface area contributed by atoms with E-state index in [4.69, 9.17) is 4.42 Å². The fourth-order valence-electron chi connectivity index (χ4n) is 4.35. The van der Waals surface area contributed by atoms with E-state index in [0.717, 1.165) is 23.3 Å². The van der Waals surface area contributed by atoms with Gasteiger partial charge in [-0.2, -0.15) is 0 Å². The third kappa shape index (κ3) is 4.06. The largest absolute Gasteiger partial charge is 0.421 e. The van der Waals surface area contributed by atoms with Crippen molar-refractivity contribution in [2.45, 2.75) is 4.90 Å². The number of nitrogens with one attached hydrogen (secondary N) is 2. The van der Waals surface area contributed by atoms with Gasteiger partial charge < -0.3 is 4.42 Å². The van der Waals surface area contributed by atoms with Gasteiger partial charge in [0.15, 0.2) is 5.52 Å². The van der Waals surface area contributed by atoms with Crippen LogP contribution >= 0.6 is 0 Å². The summed E-state index contributed by atoms with van der Waals surface area (Å²) >= 11 is 0. The lowest BCUT2D eigenvalue weighted by Crippen LogP contribution is -2.14. The van der Waals surface area contributed by atoms with Crippen LogP contribution in [-0.4, -0.2) is 18.0 Å². The zero-order valence-electron chi connectivity index (χ0n) is 19.5. The van der Waals surface area contributed by atoms with Crippen LogP contribution in [0, 0.1) is 5.82 Å². The molecule has 0 fully saturated rings. The number of sulfonamides is 1. The van der Waals surface area contributed by atoms with E-state index in [1.165, 1.54) is 16.7 Å². The van der Waals surface area contributed by atoms with Gasteiger partial charge in [-0.25, -0.2) is 22.4 Å². The highest BCUT2D eigenvalue weighted by Gasteiger charge is 2.18. The fourth-order valence-corrected chi connectivity index (χ4v) is 5.41. The van der Waals surface area contributed by atoms with Gasteiger partial charge in [0.1, 0.15) is 11.4 Å². The van der Waals surface area contributed by atoms with Crippen LogP contribution in [0.25, 0.3) is 38.8 Å². The minimum atomic E-state index is -3.89. The van der Waals surface area contributed by atoms with Crippen LogP contribution in [0.3, 0.4) is 0 Å². The highest BCUT2D eigenvalue weighted by atomic mass is 32.2. The lowest BCUT2D eigenvalue weighted by atomic mass is 10.0. The third-order valence-corrected chi connectivity index (χ3v) is 7.54. The van der Waals surface area contributed by atoms with Crippen molar-refractivity contribution < 1.29 is 17.2 Å². The van der Waals surface area contributed by atoms with E-state index in [1.54, 1.807) is 60.7 Å². The summed E-state index contributed by atoms with van der Waals surface area (Å²) in [5, 5.41) is 0.556. The number of hydrogen-bond donors (Lipinski definition) is 2. The molecule has 188 valence electrons. The lowest BCUT2D eigenvalue weighted by Gasteiger charge is -2.10. The summed E-state index contributed by atoms with van der Waals surface area (Å²) in [5.41, 5.74) is 2.12. The molecule has 0 saturated carbocycles. The molecule has 6 aromatic rings. The first-order valence-electron chi connectivity index (χ1n) is 11.5. The maximum absolute atomic E-state index is 13.2. The van der Waals surface area contributed by atoms with Gasteiger partial charge in [0.2, 0.25) is 0 Å². The van der Waals surface area contributed by atoms with Crippen molar-refractivity contribution in [1.82, 2.24) is 9.55 Å². The molecule has 0 aliphatic rings. The van der Waals surface area contributed by atoms with Gasteiger partial charge in [0.25, 0.3) is 10.0 Å². The number of anilines is 1. The Labute approximate surface area is 214 Å². The molecule has 0 aliphatic carbocycles. The molecular weight excluding hydrogens is 509 g/mol.